The van der Waals surface area contributed by atoms with Crippen molar-refractivity contribution in [1.29, 1.82) is 0 Å². The highest BCUT2D eigenvalue weighted by Crippen LogP contribution is 2.24. The van der Waals surface area contributed by atoms with Crippen LogP contribution >= 0.6 is 23.6 Å². The zero-order valence-electron chi connectivity index (χ0n) is 10.7. The van der Waals surface area contributed by atoms with Crippen LogP contribution in [-0.2, 0) is 6.61 Å². The standard InChI is InChI=1S/C13H12N4OS2/c1-8-4-2-3-5-9(8)18-7-11-14-6-10(20-11)12-15-13(19)17-16-12/h2-6H,7H2,1H3,(H2,15,16,17,19). The van der Waals surface area contributed by atoms with Crippen molar-refractivity contribution < 1.29 is 4.74 Å². The molecule has 20 heavy (non-hydrogen) atoms. The van der Waals surface area contributed by atoms with Gasteiger partial charge >= 0.3 is 0 Å². The summed E-state index contributed by atoms with van der Waals surface area (Å²) < 4.78 is 6.20. The second-order valence-corrected chi connectivity index (χ2v) is 5.69. The Labute approximate surface area is 124 Å². The number of nitrogens with zero attached hydrogens (tertiary/aromatic N) is 2. The molecule has 0 bridgehead atoms. The van der Waals surface area contributed by atoms with E-state index in [1.807, 2.05) is 31.2 Å². The molecule has 1 aromatic carbocycles. The second-order valence-electron chi connectivity index (χ2n) is 4.19. The summed E-state index contributed by atoms with van der Waals surface area (Å²) in [6, 6.07) is 7.92. The number of aromatic nitrogens is 4. The topological polar surface area (TPSA) is 66.6 Å². The van der Waals surface area contributed by atoms with Crippen molar-refractivity contribution in [3.05, 3.63) is 45.8 Å². The summed E-state index contributed by atoms with van der Waals surface area (Å²) in [6.07, 6.45) is 1.77. The van der Waals surface area contributed by atoms with Crippen molar-refractivity contribution in [2.75, 3.05) is 0 Å². The SMILES string of the molecule is Cc1ccccc1OCc1ncc(-c2nc(=S)[nH][nH]2)s1. The number of rotatable bonds is 4. The molecule has 0 unspecified atom stereocenters. The molecule has 0 fully saturated rings. The molecule has 3 aromatic rings. The van der Waals surface area contributed by atoms with Crippen LogP contribution in [0.25, 0.3) is 10.7 Å². The fraction of sp³-hybridized carbons (Fsp3) is 0.154. The Morgan fingerprint density at radius 2 is 2.15 bits per heavy atom. The van der Waals surface area contributed by atoms with Gasteiger partial charge < -0.3 is 4.74 Å². The Morgan fingerprint density at radius 3 is 2.90 bits per heavy atom. The molecule has 0 saturated heterocycles. The quantitative estimate of drug-likeness (QED) is 0.724. The first kappa shape index (κ1) is 13.0. The molecule has 0 atom stereocenters. The van der Waals surface area contributed by atoms with Crippen molar-refractivity contribution >= 4 is 23.6 Å². The Balaban J connectivity index is 1.72. The fourth-order valence-corrected chi connectivity index (χ4v) is 2.65. The molecule has 2 N–H and O–H groups in total. The van der Waals surface area contributed by atoms with Crippen LogP contribution in [0, 0.1) is 11.7 Å². The van der Waals surface area contributed by atoms with E-state index in [0.717, 1.165) is 21.2 Å². The molecule has 0 amide bonds. The van der Waals surface area contributed by atoms with Gasteiger partial charge in [0, 0.05) is 6.20 Å². The monoisotopic (exact) mass is 304 g/mol. The lowest BCUT2D eigenvalue weighted by molar-refractivity contribution is 0.303. The maximum Gasteiger partial charge on any atom is 0.213 e. The van der Waals surface area contributed by atoms with Crippen molar-refractivity contribution in [3.8, 4) is 16.5 Å². The number of hydrogen-bond acceptors (Lipinski definition) is 5. The molecule has 102 valence electrons. The fourth-order valence-electron chi connectivity index (χ4n) is 1.73. The summed E-state index contributed by atoms with van der Waals surface area (Å²) in [5.41, 5.74) is 1.11. The first-order valence-electron chi connectivity index (χ1n) is 6.00. The van der Waals surface area contributed by atoms with Crippen LogP contribution in [0.4, 0.5) is 0 Å². The van der Waals surface area contributed by atoms with E-state index >= 15 is 0 Å². The van der Waals surface area contributed by atoms with E-state index in [4.69, 9.17) is 17.0 Å². The number of thiazole rings is 1. The third kappa shape index (κ3) is 2.78. The van der Waals surface area contributed by atoms with Gasteiger partial charge in [-0.15, -0.1) is 11.3 Å². The van der Waals surface area contributed by atoms with Gasteiger partial charge in [0.15, 0.2) is 5.82 Å². The van der Waals surface area contributed by atoms with Crippen LogP contribution in [0.5, 0.6) is 5.75 Å². The van der Waals surface area contributed by atoms with E-state index in [0.29, 0.717) is 17.2 Å². The third-order valence-corrected chi connectivity index (χ3v) is 3.90. The van der Waals surface area contributed by atoms with Crippen molar-refractivity contribution in [3.63, 3.8) is 0 Å². The summed E-state index contributed by atoms with van der Waals surface area (Å²) in [7, 11) is 0. The second kappa shape index (κ2) is 5.56. The molecule has 0 aliphatic carbocycles. The number of aromatic amines is 2. The number of benzene rings is 1. The zero-order chi connectivity index (χ0) is 13.9. The van der Waals surface area contributed by atoms with Crippen LogP contribution in [0.2, 0.25) is 0 Å². The molecule has 0 aliphatic rings. The molecule has 0 spiro atoms. The first-order valence-corrected chi connectivity index (χ1v) is 7.23. The predicted octanol–water partition coefficient (Wildman–Crippen LogP) is 3.48. The molecule has 2 heterocycles. The van der Waals surface area contributed by atoms with Gasteiger partial charge in [-0.25, -0.2) is 4.98 Å². The number of aryl methyl sites for hydroxylation is 1. The minimum Gasteiger partial charge on any atom is -0.486 e. The highest BCUT2D eigenvalue weighted by molar-refractivity contribution is 7.71. The minimum absolute atomic E-state index is 0.436. The van der Waals surface area contributed by atoms with Gasteiger partial charge in [0.05, 0.1) is 4.88 Å². The van der Waals surface area contributed by atoms with E-state index in [2.05, 4.69) is 20.2 Å². The smallest absolute Gasteiger partial charge is 0.213 e. The molecular weight excluding hydrogens is 292 g/mol. The number of H-pyrrole nitrogens is 2. The first-order chi connectivity index (χ1) is 9.72. The van der Waals surface area contributed by atoms with E-state index in [9.17, 15) is 0 Å². The van der Waals surface area contributed by atoms with Gasteiger partial charge in [-0.05, 0) is 30.8 Å². The van der Waals surface area contributed by atoms with E-state index in [-0.39, 0.29) is 0 Å². The van der Waals surface area contributed by atoms with Gasteiger partial charge in [-0.3, -0.25) is 10.2 Å². The van der Waals surface area contributed by atoms with Crippen LogP contribution in [0.15, 0.2) is 30.5 Å². The van der Waals surface area contributed by atoms with Gasteiger partial charge in [0.2, 0.25) is 4.77 Å². The molecule has 0 aliphatic heterocycles. The lowest BCUT2D eigenvalue weighted by atomic mass is 10.2. The minimum atomic E-state index is 0.436. The number of ether oxygens (including phenoxy) is 1. The molecule has 2 aromatic heterocycles. The van der Waals surface area contributed by atoms with Crippen LogP contribution in [-0.4, -0.2) is 20.2 Å². The Bertz CT molecular complexity index is 774. The van der Waals surface area contributed by atoms with E-state index in [1.54, 1.807) is 6.20 Å². The average Bonchev–Trinajstić information content (AvgIpc) is 3.06. The Kier molecular flexibility index (Phi) is 3.62. The molecule has 0 radical (unpaired) electrons. The molecule has 7 heteroatoms. The predicted molar refractivity (Wildman–Crippen MR) is 80.4 cm³/mol. The van der Waals surface area contributed by atoms with Crippen LogP contribution in [0.1, 0.15) is 10.6 Å². The van der Waals surface area contributed by atoms with Crippen LogP contribution < -0.4 is 4.74 Å². The number of nitrogens with one attached hydrogen (secondary N) is 2. The maximum absolute atomic E-state index is 5.77. The van der Waals surface area contributed by atoms with Gasteiger partial charge in [-0.2, -0.15) is 4.98 Å². The third-order valence-electron chi connectivity index (χ3n) is 2.73. The molecule has 3 rings (SSSR count). The zero-order valence-corrected chi connectivity index (χ0v) is 12.3. The lowest BCUT2D eigenvalue weighted by Gasteiger charge is -2.06. The molecular formula is C13H12N4OS2. The summed E-state index contributed by atoms with van der Waals surface area (Å²) in [6.45, 7) is 2.47. The van der Waals surface area contributed by atoms with Gasteiger partial charge in [-0.1, -0.05) is 18.2 Å². The summed E-state index contributed by atoms with van der Waals surface area (Å²) in [5, 5.41) is 6.57. The van der Waals surface area contributed by atoms with Gasteiger partial charge in [0.1, 0.15) is 17.4 Å². The Hall–Kier alpha value is -1.99. The van der Waals surface area contributed by atoms with Crippen molar-refractivity contribution in [2.24, 2.45) is 0 Å². The molecule has 5 nitrogen and oxygen atoms in total. The van der Waals surface area contributed by atoms with Crippen molar-refractivity contribution in [1.82, 2.24) is 20.2 Å². The lowest BCUT2D eigenvalue weighted by Crippen LogP contribution is -1.95. The largest absolute Gasteiger partial charge is 0.486 e. The maximum atomic E-state index is 5.77. The highest BCUT2D eigenvalue weighted by Gasteiger charge is 2.08. The molecule has 0 saturated carbocycles. The normalized spacial score (nSPS) is 10.7. The van der Waals surface area contributed by atoms with E-state index < -0.39 is 0 Å². The number of para-hydroxylation sites is 1. The highest BCUT2D eigenvalue weighted by atomic mass is 32.1. The Morgan fingerprint density at radius 1 is 1.30 bits per heavy atom. The van der Waals surface area contributed by atoms with E-state index in [1.165, 1.54) is 11.3 Å². The summed E-state index contributed by atoms with van der Waals surface area (Å²) in [5.74, 6) is 1.58. The van der Waals surface area contributed by atoms with Gasteiger partial charge in [0.25, 0.3) is 0 Å². The van der Waals surface area contributed by atoms with Crippen LogP contribution in [0.3, 0.4) is 0 Å². The number of hydrogen-bond donors (Lipinski definition) is 2. The summed E-state index contributed by atoms with van der Waals surface area (Å²) >= 11 is 6.46. The summed E-state index contributed by atoms with van der Waals surface area (Å²) in [4.78, 5) is 9.42. The average molecular weight is 304 g/mol. The van der Waals surface area contributed by atoms with Crippen molar-refractivity contribution in [2.45, 2.75) is 13.5 Å².